The lowest BCUT2D eigenvalue weighted by Gasteiger charge is -2.03. The number of aromatic nitrogens is 1. The molecule has 0 aliphatic carbocycles. The van der Waals surface area contributed by atoms with Gasteiger partial charge in [0, 0.05) is 12.3 Å². The standard InChI is InChI=1S/C11H13NO2/c1-8(2)9-3-4-10(12-7-9)5-6-11(13)14/h3-8H,1-2H3,(H,13,14). The minimum absolute atomic E-state index is 0.444. The highest BCUT2D eigenvalue weighted by molar-refractivity contribution is 5.84. The first-order valence-electron chi connectivity index (χ1n) is 4.46. The molecule has 0 aliphatic heterocycles. The van der Waals surface area contributed by atoms with Crippen LogP contribution in [0.25, 0.3) is 6.08 Å². The van der Waals surface area contributed by atoms with Gasteiger partial charge in [-0.3, -0.25) is 4.98 Å². The van der Waals surface area contributed by atoms with Crippen LogP contribution in [0.1, 0.15) is 31.0 Å². The second-order valence-electron chi connectivity index (χ2n) is 3.34. The molecule has 74 valence electrons. The molecule has 0 atom stereocenters. The Balaban J connectivity index is 2.78. The van der Waals surface area contributed by atoms with Gasteiger partial charge < -0.3 is 5.11 Å². The largest absolute Gasteiger partial charge is 0.478 e. The van der Waals surface area contributed by atoms with E-state index in [-0.39, 0.29) is 0 Å². The zero-order valence-electron chi connectivity index (χ0n) is 8.27. The zero-order valence-corrected chi connectivity index (χ0v) is 8.27. The second-order valence-corrected chi connectivity index (χ2v) is 3.34. The van der Waals surface area contributed by atoms with Crippen molar-refractivity contribution in [1.82, 2.24) is 4.98 Å². The van der Waals surface area contributed by atoms with Gasteiger partial charge in [0.15, 0.2) is 0 Å². The molecule has 3 heteroatoms. The minimum Gasteiger partial charge on any atom is -0.478 e. The lowest BCUT2D eigenvalue weighted by Crippen LogP contribution is -1.90. The molecule has 1 rings (SSSR count). The molecule has 1 heterocycles. The molecule has 14 heavy (non-hydrogen) atoms. The maximum absolute atomic E-state index is 10.2. The smallest absolute Gasteiger partial charge is 0.328 e. The zero-order chi connectivity index (χ0) is 10.6. The Morgan fingerprint density at radius 1 is 1.50 bits per heavy atom. The average molecular weight is 191 g/mol. The molecule has 0 unspecified atom stereocenters. The Hall–Kier alpha value is -1.64. The van der Waals surface area contributed by atoms with E-state index in [9.17, 15) is 4.79 Å². The number of carboxylic acid groups (broad SMARTS) is 1. The van der Waals surface area contributed by atoms with Crippen LogP contribution in [0.3, 0.4) is 0 Å². The molecule has 1 N–H and O–H groups in total. The van der Waals surface area contributed by atoms with Crippen molar-refractivity contribution < 1.29 is 9.90 Å². The number of hydrogen-bond acceptors (Lipinski definition) is 2. The number of aliphatic carboxylic acids is 1. The summed E-state index contributed by atoms with van der Waals surface area (Å²) in [4.78, 5) is 14.4. The van der Waals surface area contributed by atoms with Crippen molar-refractivity contribution in [2.24, 2.45) is 0 Å². The van der Waals surface area contributed by atoms with Crippen LogP contribution in [0.4, 0.5) is 0 Å². The van der Waals surface area contributed by atoms with Crippen molar-refractivity contribution in [3.05, 3.63) is 35.7 Å². The third-order valence-corrected chi connectivity index (χ3v) is 1.87. The maximum atomic E-state index is 10.2. The summed E-state index contributed by atoms with van der Waals surface area (Å²) in [5.74, 6) is -0.514. The molecule has 3 nitrogen and oxygen atoms in total. The summed E-state index contributed by atoms with van der Waals surface area (Å²) in [5, 5.41) is 8.40. The molecule has 0 fully saturated rings. The van der Waals surface area contributed by atoms with E-state index in [4.69, 9.17) is 5.11 Å². The predicted molar refractivity (Wildman–Crippen MR) is 55.0 cm³/mol. The van der Waals surface area contributed by atoms with E-state index >= 15 is 0 Å². The summed E-state index contributed by atoms with van der Waals surface area (Å²) < 4.78 is 0. The summed E-state index contributed by atoms with van der Waals surface area (Å²) in [6.45, 7) is 4.17. The molecule has 0 saturated heterocycles. The Labute approximate surface area is 83.1 Å². The van der Waals surface area contributed by atoms with Crippen molar-refractivity contribution in [2.75, 3.05) is 0 Å². The average Bonchev–Trinajstić information content (AvgIpc) is 2.15. The first-order chi connectivity index (χ1) is 6.59. The maximum Gasteiger partial charge on any atom is 0.328 e. The first-order valence-corrected chi connectivity index (χ1v) is 4.46. The topological polar surface area (TPSA) is 50.2 Å². The van der Waals surface area contributed by atoms with E-state index in [1.54, 1.807) is 6.20 Å². The van der Waals surface area contributed by atoms with Gasteiger partial charge in [-0.1, -0.05) is 19.9 Å². The molecule has 0 spiro atoms. The summed E-state index contributed by atoms with van der Waals surface area (Å²) in [7, 11) is 0. The number of carbonyl (C=O) groups is 1. The molecule has 0 bridgehead atoms. The molecular formula is C11H13NO2. The van der Waals surface area contributed by atoms with Crippen LogP contribution in [0, 0.1) is 0 Å². The molecule has 0 amide bonds. The van der Waals surface area contributed by atoms with Crippen LogP contribution >= 0.6 is 0 Å². The fraction of sp³-hybridized carbons (Fsp3) is 0.273. The Bertz CT molecular complexity index is 339. The Kier molecular flexibility index (Phi) is 3.40. The van der Waals surface area contributed by atoms with Gasteiger partial charge in [-0.25, -0.2) is 4.79 Å². The van der Waals surface area contributed by atoms with E-state index in [0.717, 1.165) is 11.6 Å². The van der Waals surface area contributed by atoms with Gasteiger partial charge in [0.1, 0.15) is 0 Å². The van der Waals surface area contributed by atoms with Gasteiger partial charge in [0.25, 0.3) is 0 Å². The van der Waals surface area contributed by atoms with Crippen LogP contribution in [-0.2, 0) is 4.79 Å². The highest BCUT2D eigenvalue weighted by Gasteiger charge is 1.98. The lowest BCUT2D eigenvalue weighted by atomic mass is 10.1. The number of carboxylic acids is 1. The summed E-state index contributed by atoms with van der Waals surface area (Å²) >= 11 is 0. The minimum atomic E-state index is -0.959. The molecule has 0 aliphatic rings. The van der Waals surface area contributed by atoms with E-state index in [0.29, 0.717) is 11.6 Å². The van der Waals surface area contributed by atoms with Crippen molar-refractivity contribution >= 4 is 12.0 Å². The third-order valence-electron chi connectivity index (χ3n) is 1.87. The van der Waals surface area contributed by atoms with E-state index < -0.39 is 5.97 Å². The fourth-order valence-corrected chi connectivity index (χ4v) is 1.01. The van der Waals surface area contributed by atoms with Crippen LogP contribution < -0.4 is 0 Å². The first kappa shape index (κ1) is 10.4. The van der Waals surface area contributed by atoms with E-state index in [1.807, 2.05) is 12.1 Å². The third kappa shape index (κ3) is 3.01. The normalized spacial score (nSPS) is 11.1. The summed E-state index contributed by atoms with van der Waals surface area (Å²) in [5.41, 5.74) is 1.81. The second kappa shape index (κ2) is 4.56. The van der Waals surface area contributed by atoms with Crippen LogP contribution in [0.15, 0.2) is 24.4 Å². The highest BCUT2D eigenvalue weighted by atomic mass is 16.4. The summed E-state index contributed by atoms with van der Waals surface area (Å²) in [6, 6.07) is 3.77. The van der Waals surface area contributed by atoms with Gasteiger partial charge in [-0.15, -0.1) is 0 Å². The molecule has 0 aromatic carbocycles. The molecular weight excluding hydrogens is 178 g/mol. The lowest BCUT2D eigenvalue weighted by molar-refractivity contribution is -0.131. The van der Waals surface area contributed by atoms with E-state index in [2.05, 4.69) is 18.8 Å². The Morgan fingerprint density at radius 2 is 2.21 bits per heavy atom. The van der Waals surface area contributed by atoms with Gasteiger partial charge in [0.2, 0.25) is 0 Å². The molecule has 0 radical (unpaired) electrons. The van der Waals surface area contributed by atoms with Gasteiger partial charge in [-0.05, 0) is 23.6 Å². The summed E-state index contributed by atoms with van der Waals surface area (Å²) in [6.07, 6.45) is 4.33. The van der Waals surface area contributed by atoms with E-state index in [1.165, 1.54) is 6.08 Å². The van der Waals surface area contributed by atoms with Crippen LogP contribution in [0.5, 0.6) is 0 Å². The molecule has 1 aromatic rings. The molecule has 1 aromatic heterocycles. The van der Waals surface area contributed by atoms with Gasteiger partial charge in [0.05, 0.1) is 5.69 Å². The number of nitrogens with zero attached hydrogens (tertiary/aromatic N) is 1. The predicted octanol–water partition coefficient (Wildman–Crippen LogP) is 2.30. The number of rotatable bonds is 3. The highest BCUT2D eigenvalue weighted by Crippen LogP contribution is 2.12. The monoisotopic (exact) mass is 191 g/mol. The van der Waals surface area contributed by atoms with Crippen molar-refractivity contribution in [3.63, 3.8) is 0 Å². The van der Waals surface area contributed by atoms with Gasteiger partial charge in [-0.2, -0.15) is 0 Å². The Morgan fingerprint density at radius 3 is 2.64 bits per heavy atom. The fourth-order valence-electron chi connectivity index (χ4n) is 1.01. The number of hydrogen-bond donors (Lipinski definition) is 1. The van der Waals surface area contributed by atoms with Crippen molar-refractivity contribution in [3.8, 4) is 0 Å². The van der Waals surface area contributed by atoms with Crippen LogP contribution in [-0.4, -0.2) is 16.1 Å². The molecule has 0 saturated carbocycles. The van der Waals surface area contributed by atoms with Crippen molar-refractivity contribution in [1.29, 1.82) is 0 Å². The SMILES string of the molecule is CC(C)c1ccc(C=CC(=O)O)nc1. The van der Waals surface area contributed by atoms with Crippen molar-refractivity contribution in [2.45, 2.75) is 19.8 Å². The quantitative estimate of drug-likeness (QED) is 0.746. The van der Waals surface area contributed by atoms with Gasteiger partial charge >= 0.3 is 5.97 Å². The van der Waals surface area contributed by atoms with Crippen LogP contribution in [0.2, 0.25) is 0 Å². The number of pyridine rings is 1.